The molecule has 2 atom stereocenters. The maximum Gasteiger partial charge on any atom is 0.173 e. The number of fused-ring (bicyclic) bond motifs is 1. The van der Waals surface area contributed by atoms with Crippen LogP contribution in [0.5, 0.6) is 0 Å². The summed E-state index contributed by atoms with van der Waals surface area (Å²) in [7, 11) is 0. The molecule has 3 N–H and O–H groups in total. The zero-order valence-corrected chi connectivity index (χ0v) is 12.3. The molecule has 1 aromatic heterocycles. The van der Waals surface area contributed by atoms with Crippen molar-refractivity contribution in [2.24, 2.45) is 10.9 Å². The highest BCUT2D eigenvalue weighted by Crippen LogP contribution is 2.32. The minimum Gasteiger partial charge on any atom is -0.409 e. The summed E-state index contributed by atoms with van der Waals surface area (Å²) in [5.41, 5.74) is 7.44. The van der Waals surface area contributed by atoms with Crippen molar-refractivity contribution in [2.45, 2.75) is 44.8 Å². The lowest BCUT2D eigenvalue weighted by atomic mass is 9.90. The monoisotopic (exact) mass is 290 g/mol. The van der Waals surface area contributed by atoms with Gasteiger partial charge in [0, 0.05) is 12.2 Å². The van der Waals surface area contributed by atoms with Gasteiger partial charge in [-0.1, -0.05) is 18.0 Å². The van der Waals surface area contributed by atoms with Gasteiger partial charge in [-0.05, 0) is 31.9 Å². The predicted octanol–water partition coefficient (Wildman–Crippen LogP) is 1.63. The highest BCUT2D eigenvalue weighted by atomic mass is 16.5. The Morgan fingerprint density at radius 1 is 1.43 bits per heavy atom. The minimum absolute atomic E-state index is 0.108. The Morgan fingerprint density at radius 3 is 3.05 bits per heavy atom. The smallest absolute Gasteiger partial charge is 0.173 e. The highest BCUT2D eigenvalue weighted by Gasteiger charge is 2.36. The molecule has 0 radical (unpaired) electrons. The molecule has 0 amide bonds. The van der Waals surface area contributed by atoms with Crippen LogP contribution in [0.1, 0.15) is 36.9 Å². The molecule has 2 unspecified atom stereocenters. The summed E-state index contributed by atoms with van der Waals surface area (Å²) >= 11 is 0. The second-order valence-electron chi connectivity index (χ2n) is 5.76. The molecule has 1 aromatic rings. The lowest BCUT2D eigenvalue weighted by Crippen LogP contribution is -2.53. The summed E-state index contributed by atoms with van der Waals surface area (Å²) in [4.78, 5) is 6.94. The zero-order chi connectivity index (χ0) is 14.8. The van der Waals surface area contributed by atoms with Crippen molar-refractivity contribution in [1.29, 1.82) is 0 Å². The van der Waals surface area contributed by atoms with Crippen molar-refractivity contribution < 1.29 is 9.94 Å². The molecule has 0 aromatic carbocycles. The zero-order valence-electron chi connectivity index (χ0n) is 12.3. The van der Waals surface area contributed by atoms with Gasteiger partial charge in [0.05, 0.1) is 24.3 Å². The van der Waals surface area contributed by atoms with Crippen LogP contribution in [0, 0.1) is 6.92 Å². The average molecular weight is 290 g/mol. The fourth-order valence-electron chi connectivity index (χ4n) is 3.38. The van der Waals surface area contributed by atoms with E-state index in [1.807, 2.05) is 19.1 Å². The second-order valence-corrected chi connectivity index (χ2v) is 5.76. The number of nitrogens with two attached hydrogens (primary N) is 1. The second kappa shape index (κ2) is 5.89. The minimum atomic E-state index is 0.108. The third kappa shape index (κ3) is 2.68. The largest absolute Gasteiger partial charge is 0.409 e. The predicted molar refractivity (Wildman–Crippen MR) is 80.8 cm³/mol. The summed E-state index contributed by atoms with van der Waals surface area (Å²) in [6.07, 6.45) is 4.92. The van der Waals surface area contributed by atoms with Gasteiger partial charge >= 0.3 is 0 Å². The van der Waals surface area contributed by atoms with Gasteiger partial charge in [-0.25, -0.2) is 4.98 Å². The Hall–Kier alpha value is -1.82. The fraction of sp³-hybridized carbons (Fsp3) is 0.600. The van der Waals surface area contributed by atoms with Crippen LogP contribution in [0.25, 0.3) is 0 Å². The fourth-order valence-corrected chi connectivity index (χ4v) is 3.38. The van der Waals surface area contributed by atoms with Crippen molar-refractivity contribution in [2.75, 3.05) is 18.1 Å². The third-order valence-electron chi connectivity index (χ3n) is 4.40. The van der Waals surface area contributed by atoms with Crippen LogP contribution in [0.3, 0.4) is 0 Å². The summed E-state index contributed by atoms with van der Waals surface area (Å²) in [6, 6.07) is 4.10. The topological polar surface area (TPSA) is 84.0 Å². The molecular formula is C15H22N4O2. The van der Waals surface area contributed by atoms with E-state index >= 15 is 0 Å². The Bertz CT molecular complexity index is 544. The highest BCUT2D eigenvalue weighted by molar-refractivity contribution is 6.01. The van der Waals surface area contributed by atoms with E-state index in [0.717, 1.165) is 30.9 Å². The van der Waals surface area contributed by atoms with Gasteiger partial charge in [0.1, 0.15) is 5.82 Å². The van der Waals surface area contributed by atoms with Gasteiger partial charge in [-0.15, -0.1) is 0 Å². The van der Waals surface area contributed by atoms with E-state index in [1.165, 1.54) is 12.8 Å². The van der Waals surface area contributed by atoms with E-state index in [0.29, 0.717) is 18.2 Å². The first-order valence-electron chi connectivity index (χ1n) is 7.54. The van der Waals surface area contributed by atoms with Crippen molar-refractivity contribution in [3.63, 3.8) is 0 Å². The number of aromatic nitrogens is 1. The van der Waals surface area contributed by atoms with E-state index in [9.17, 15) is 0 Å². The first kappa shape index (κ1) is 14.1. The molecule has 2 aliphatic rings. The standard InChI is InChI=1S/C15H22N4O2/c1-10-6-7-11(14(16)18-20)15(17-10)19-8-9-21-13-5-3-2-4-12(13)19/h6-7,12-13,20H,2-5,8-9H2,1H3,(H2,16,18). The number of morpholine rings is 1. The molecule has 21 heavy (non-hydrogen) atoms. The summed E-state index contributed by atoms with van der Waals surface area (Å²) in [6.45, 7) is 3.45. The Labute approximate surface area is 124 Å². The van der Waals surface area contributed by atoms with Gasteiger partial charge in [0.2, 0.25) is 0 Å². The van der Waals surface area contributed by atoms with E-state index in [-0.39, 0.29) is 11.9 Å². The molecule has 114 valence electrons. The van der Waals surface area contributed by atoms with Crippen LogP contribution >= 0.6 is 0 Å². The van der Waals surface area contributed by atoms with Crippen molar-refractivity contribution in [3.8, 4) is 0 Å². The van der Waals surface area contributed by atoms with E-state index in [2.05, 4.69) is 15.0 Å². The SMILES string of the molecule is Cc1ccc(C(N)=NO)c(N2CCOC3CCCCC32)n1. The van der Waals surface area contributed by atoms with Gasteiger partial charge in [0.15, 0.2) is 5.84 Å². The number of rotatable bonds is 2. The van der Waals surface area contributed by atoms with E-state index < -0.39 is 0 Å². The Kier molecular flexibility index (Phi) is 3.96. The lowest BCUT2D eigenvalue weighted by molar-refractivity contribution is -0.00900. The summed E-state index contributed by atoms with van der Waals surface area (Å²) in [5, 5.41) is 12.1. The number of hydrogen-bond acceptors (Lipinski definition) is 5. The maximum absolute atomic E-state index is 9.00. The average Bonchev–Trinajstić information content (AvgIpc) is 2.53. The molecule has 1 saturated heterocycles. The van der Waals surface area contributed by atoms with Crippen LogP contribution in [-0.2, 0) is 4.74 Å². The normalized spacial score (nSPS) is 26.5. The number of anilines is 1. The molecule has 6 nitrogen and oxygen atoms in total. The third-order valence-corrected chi connectivity index (χ3v) is 4.40. The number of amidine groups is 1. The van der Waals surface area contributed by atoms with Gasteiger partial charge in [-0.2, -0.15) is 0 Å². The number of pyridine rings is 1. The molecule has 0 bridgehead atoms. The number of aryl methyl sites for hydroxylation is 1. The van der Waals surface area contributed by atoms with Crippen LogP contribution < -0.4 is 10.6 Å². The molecular weight excluding hydrogens is 268 g/mol. The number of hydrogen-bond donors (Lipinski definition) is 2. The van der Waals surface area contributed by atoms with Crippen LogP contribution in [-0.4, -0.2) is 41.3 Å². The molecule has 2 heterocycles. The van der Waals surface area contributed by atoms with Gasteiger partial charge in [0.25, 0.3) is 0 Å². The molecule has 3 rings (SSSR count). The van der Waals surface area contributed by atoms with E-state index in [4.69, 9.17) is 15.7 Å². The molecule has 0 spiro atoms. The lowest BCUT2D eigenvalue weighted by Gasteiger charge is -2.45. The molecule has 1 saturated carbocycles. The number of oxime groups is 1. The summed E-state index contributed by atoms with van der Waals surface area (Å²) < 4.78 is 5.91. The first-order chi connectivity index (χ1) is 10.2. The van der Waals surface area contributed by atoms with Gasteiger partial charge < -0.3 is 20.6 Å². The van der Waals surface area contributed by atoms with Crippen LogP contribution in [0.2, 0.25) is 0 Å². The summed E-state index contributed by atoms with van der Waals surface area (Å²) in [5.74, 6) is 0.918. The molecule has 2 fully saturated rings. The molecule has 6 heteroatoms. The van der Waals surface area contributed by atoms with E-state index in [1.54, 1.807) is 0 Å². The quantitative estimate of drug-likeness (QED) is 0.374. The Balaban J connectivity index is 1.99. The Morgan fingerprint density at radius 2 is 2.24 bits per heavy atom. The molecule has 1 aliphatic carbocycles. The van der Waals surface area contributed by atoms with Crippen LogP contribution in [0.15, 0.2) is 17.3 Å². The molecule has 1 aliphatic heterocycles. The first-order valence-corrected chi connectivity index (χ1v) is 7.54. The van der Waals surface area contributed by atoms with Crippen molar-refractivity contribution in [3.05, 3.63) is 23.4 Å². The van der Waals surface area contributed by atoms with Crippen molar-refractivity contribution >= 4 is 11.7 Å². The van der Waals surface area contributed by atoms with Crippen molar-refractivity contribution in [1.82, 2.24) is 4.98 Å². The number of nitrogens with zero attached hydrogens (tertiary/aromatic N) is 3. The number of ether oxygens (including phenoxy) is 1. The van der Waals surface area contributed by atoms with Gasteiger partial charge in [-0.3, -0.25) is 0 Å². The van der Waals surface area contributed by atoms with Crippen LogP contribution in [0.4, 0.5) is 5.82 Å². The maximum atomic E-state index is 9.00.